The second kappa shape index (κ2) is 8.26. The highest BCUT2D eigenvalue weighted by Crippen LogP contribution is 2.19. The van der Waals surface area contributed by atoms with Gasteiger partial charge < -0.3 is 15.2 Å². The summed E-state index contributed by atoms with van der Waals surface area (Å²) in [6, 6.07) is 13.3. The number of amides is 1. The van der Waals surface area contributed by atoms with Crippen LogP contribution >= 0.6 is 0 Å². The van der Waals surface area contributed by atoms with Gasteiger partial charge in [0.2, 0.25) is 5.91 Å². The minimum atomic E-state index is -0.855. The number of benzene rings is 2. The van der Waals surface area contributed by atoms with Gasteiger partial charge in [0.1, 0.15) is 11.6 Å². The van der Waals surface area contributed by atoms with Crippen molar-refractivity contribution in [2.45, 2.75) is 13.0 Å². The van der Waals surface area contributed by atoms with Gasteiger partial charge in [-0.25, -0.2) is 4.39 Å². The maximum atomic E-state index is 13.7. The zero-order valence-corrected chi connectivity index (χ0v) is 13.6. The van der Waals surface area contributed by atoms with Crippen LogP contribution in [-0.4, -0.2) is 24.7 Å². The highest BCUT2D eigenvalue weighted by Gasteiger charge is 2.10. The van der Waals surface area contributed by atoms with E-state index in [1.54, 1.807) is 56.5 Å². The van der Waals surface area contributed by atoms with Crippen LogP contribution in [0.2, 0.25) is 0 Å². The lowest BCUT2D eigenvalue weighted by atomic mass is 10.1. The molecule has 0 saturated carbocycles. The van der Waals surface area contributed by atoms with E-state index in [1.165, 1.54) is 12.1 Å². The molecule has 0 heterocycles. The summed E-state index contributed by atoms with van der Waals surface area (Å²) in [5.41, 5.74) is 1.53. The van der Waals surface area contributed by atoms with Crippen molar-refractivity contribution in [2.24, 2.45) is 0 Å². The molecule has 4 nitrogen and oxygen atoms in total. The standard InChI is InChI=1S/C19H20FNO3/c1-13(16-8-3-4-9-17(16)20)10-19(23)21-12-18(22)14-6-5-7-15(11-14)24-2/h3-11,18,22H,12H2,1-2H3,(H,21,23)/b13-10-. The zero-order valence-electron chi connectivity index (χ0n) is 13.6. The van der Waals surface area contributed by atoms with Crippen molar-refractivity contribution in [1.82, 2.24) is 5.32 Å². The summed E-state index contributed by atoms with van der Waals surface area (Å²) >= 11 is 0. The van der Waals surface area contributed by atoms with Crippen molar-refractivity contribution in [3.8, 4) is 5.75 Å². The molecule has 0 spiro atoms. The number of allylic oxidation sites excluding steroid dienone is 1. The summed E-state index contributed by atoms with van der Waals surface area (Å²) in [6.07, 6.45) is 0.461. The van der Waals surface area contributed by atoms with E-state index in [1.807, 2.05) is 0 Å². The van der Waals surface area contributed by atoms with Crippen molar-refractivity contribution in [1.29, 1.82) is 0 Å². The third-order valence-electron chi connectivity index (χ3n) is 3.59. The number of aliphatic hydroxyl groups excluding tert-OH is 1. The molecule has 0 aliphatic heterocycles. The first kappa shape index (κ1) is 17.7. The van der Waals surface area contributed by atoms with E-state index in [0.717, 1.165) is 0 Å². The van der Waals surface area contributed by atoms with Crippen LogP contribution in [0.25, 0.3) is 5.57 Å². The minimum absolute atomic E-state index is 0.0487. The number of nitrogens with one attached hydrogen (secondary N) is 1. The van der Waals surface area contributed by atoms with Crippen LogP contribution in [0, 0.1) is 5.82 Å². The van der Waals surface area contributed by atoms with Gasteiger partial charge in [0.05, 0.1) is 13.2 Å². The van der Waals surface area contributed by atoms with Gasteiger partial charge in [-0.2, -0.15) is 0 Å². The molecule has 5 heteroatoms. The van der Waals surface area contributed by atoms with E-state index in [2.05, 4.69) is 5.32 Å². The van der Waals surface area contributed by atoms with E-state index in [4.69, 9.17) is 4.74 Å². The number of ether oxygens (including phenoxy) is 1. The van der Waals surface area contributed by atoms with Crippen LogP contribution in [0.5, 0.6) is 5.75 Å². The van der Waals surface area contributed by atoms with Crippen LogP contribution in [0.4, 0.5) is 4.39 Å². The van der Waals surface area contributed by atoms with Crippen LogP contribution in [0.3, 0.4) is 0 Å². The van der Waals surface area contributed by atoms with Gasteiger partial charge in [-0.1, -0.05) is 30.3 Å². The van der Waals surface area contributed by atoms with Gasteiger partial charge in [0.15, 0.2) is 0 Å². The van der Waals surface area contributed by atoms with Gasteiger partial charge in [-0.05, 0) is 36.3 Å². The Morgan fingerprint density at radius 3 is 2.75 bits per heavy atom. The summed E-state index contributed by atoms with van der Waals surface area (Å²) in [5.74, 6) is -0.138. The average Bonchev–Trinajstić information content (AvgIpc) is 2.60. The van der Waals surface area contributed by atoms with Crippen LogP contribution in [-0.2, 0) is 4.79 Å². The molecule has 1 amide bonds. The maximum Gasteiger partial charge on any atom is 0.244 e. The number of methoxy groups -OCH3 is 1. The van der Waals surface area contributed by atoms with Crippen LogP contribution < -0.4 is 10.1 Å². The number of aliphatic hydroxyl groups is 1. The Morgan fingerprint density at radius 1 is 1.29 bits per heavy atom. The molecule has 0 aliphatic carbocycles. The molecule has 0 radical (unpaired) electrons. The van der Waals surface area contributed by atoms with Gasteiger partial charge in [0.25, 0.3) is 0 Å². The van der Waals surface area contributed by atoms with Crippen molar-refractivity contribution in [2.75, 3.05) is 13.7 Å². The molecule has 0 bridgehead atoms. The SMILES string of the molecule is COc1cccc(C(O)CNC(=O)/C=C(/C)c2ccccc2F)c1. The molecule has 126 valence electrons. The average molecular weight is 329 g/mol. The topological polar surface area (TPSA) is 58.6 Å². The Morgan fingerprint density at radius 2 is 2.04 bits per heavy atom. The Labute approximate surface area is 140 Å². The fourth-order valence-corrected chi connectivity index (χ4v) is 2.27. The molecule has 2 aromatic carbocycles. The largest absolute Gasteiger partial charge is 0.497 e. The Hall–Kier alpha value is -2.66. The van der Waals surface area contributed by atoms with E-state index in [-0.39, 0.29) is 12.4 Å². The second-order valence-electron chi connectivity index (χ2n) is 5.34. The highest BCUT2D eigenvalue weighted by atomic mass is 19.1. The monoisotopic (exact) mass is 329 g/mol. The molecule has 0 saturated heterocycles. The number of hydrogen-bond donors (Lipinski definition) is 2. The number of carbonyl (C=O) groups is 1. The minimum Gasteiger partial charge on any atom is -0.497 e. The highest BCUT2D eigenvalue weighted by molar-refractivity contribution is 5.94. The third-order valence-corrected chi connectivity index (χ3v) is 3.59. The normalized spacial score (nSPS) is 12.6. The first-order valence-electron chi connectivity index (χ1n) is 7.54. The van der Waals surface area contributed by atoms with E-state index in [0.29, 0.717) is 22.4 Å². The summed E-state index contributed by atoms with van der Waals surface area (Å²) < 4.78 is 18.8. The molecule has 0 fully saturated rings. The Bertz CT molecular complexity index is 743. The smallest absolute Gasteiger partial charge is 0.244 e. The van der Waals surface area contributed by atoms with Crippen molar-refractivity contribution < 1.29 is 19.0 Å². The quantitative estimate of drug-likeness (QED) is 0.801. The van der Waals surface area contributed by atoms with Gasteiger partial charge in [-0.3, -0.25) is 4.79 Å². The fraction of sp³-hybridized carbons (Fsp3) is 0.211. The van der Waals surface area contributed by atoms with Crippen molar-refractivity contribution >= 4 is 11.5 Å². The Balaban J connectivity index is 1.97. The molecule has 0 aliphatic rings. The van der Waals surface area contributed by atoms with E-state index < -0.39 is 12.0 Å². The first-order chi connectivity index (χ1) is 11.5. The van der Waals surface area contributed by atoms with Crippen LogP contribution in [0.15, 0.2) is 54.6 Å². The summed E-state index contributed by atoms with van der Waals surface area (Å²) in [4.78, 5) is 12.0. The van der Waals surface area contributed by atoms with Gasteiger partial charge in [-0.15, -0.1) is 0 Å². The predicted octanol–water partition coefficient (Wildman–Crippen LogP) is 3.09. The molecule has 0 aromatic heterocycles. The van der Waals surface area contributed by atoms with E-state index in [9.17, 15) is 14.3 Å². The Kier molecular flexibility index (Phi) is 6.09. The molecule has 2 N–H and O–H groups in total. The number of rotatable bonds is 6. The van der Waals surface area contributed by atoms with E-state index >= 15 is 0 Å². The lowest BCUT2D eigenvalue weighted by molar-refractivity contribution is -0.116. The maximum absolute atomic E-state index is 13.7. The van der Waals surface area contributed by atoms with Gasteiger partial charge >= 0.3 is 0 Å². The number of carbonyl (C=O) groups excluding carboxylic acids is 1. The molecule has 2 rings (SSSR count). The summed E-state index contributed by atoms with van der Waals surface area (Å²) in [7, 11) is 1.55. The molecule has 1 unspecified atom stereocenters. The third kappa shape index (κ3) is 4.67. The number of hydrogen-bond acceptors (Lipinski definition) is 3. The lowest BCUT2D eigenvalue weighted by Gasteiger charge is -2.12. The second-order valence-corrected chi connectivity index (χ2v) is 5.34. The van der Waals surface area contributed by atoms with Gasteiger partial charge in [0, 0.05) is 18.2 Å². The zero-order chi connectivity index (χ0) is 17.5. The lowest BCUT2D eigenvalue weighted by Crippen LogP contribution is -2.27. The predicted molar refractivity (Wildman–Crippen MR) is 91.0 cm³/mol. The summed E-state index contributed by atoms with van der Waals surface area (Å²) in [5, 5.41) is 12.7. The number of halogens is 1. The fourth-order valence-electron chi connectivity index (χ4n) is 2.27. The van der Waals surface area contributed by atoms with Crippen molar-refractivity contribution in [3.05, 3.63) is 71.6 Å². The van der Waals surface area contributed by atoms with Crippen molar-refractivity contribution in [3.63, 3.8) is 0 Å². The van der Waals surface area contributed by atoms with Crippen LogP contribution in [0.1, 0.15) is 24.2 Å². The first-order valence-corrected chi connectivity index (χ1v) is 7.54. The molecule has 2 aromatic rings. The molecule has 24 heavy (non-hydrogen) atoms. The molecular weight excluding hydrogens is 309 g/mol. The molecular formula is C19H20FNO3. The molecule has 1 atom stereocenters. The summed E-state index contributed by atoms with van der Waals surface area (Å²) in [6.45, 7) is 1.71.